The summed E-state index contributed by atoms with van der Waals surface area (Å²) in [4.78, 5) is 25.4. The van der Waals surface area contributed by atoms with E-state index in [1.807, 2.05) is 31.2 Å². The van der Waals surface area contributed by atoms with E-state index in [9.17, 15) is 14.7 Å². The Labute approximate surface area is 124 Å². The zero-order valence-corrected chi connectivity index (χ0v) is 12.3. The van der Waals surface area contributed by atoms with E-state index in [0.717, 1.165) is 17.5 Å². The summed E-state index contributed by atoms with van der Waals surface area (Å²) < 4.78 is 0. The van der Waals surface area contributed by atoms with Gasteiger partial charge in [0.1, 0.15) is 6.04 Å². The molecular weight excluding hydrogens is 268 g/mol. The number of hydrogen-bond donors (Lipinski definition) is 2. The summed E-state index contributed by atoms with van der Waals surface area (Å²) in [5.74, 6) is -0.947. The number of carbonyl (C=O) groups is 2. The highest BCUT2D eigenvalue weighted by molar-refractivity contribution is 5.84. The van der Waals surface area contributed by atoms with E-state index in [1.54, 1.807) is 0 Å². The fraction of sp³-hybridized carbons (Fsp3) is 0.500. The fourth-order valence-electron chi connectivity index (χ4n) is 2.76. The van der Waals surface area contributed by atoms with Crippen molar-refractivity contribution in [3.63, 3.8) is 0 Å². The lowest BCUT2D eigenvalue weighted by atomic mass is 9.92. The van der Waals surface area contributed by atoms with E-state index in [2.05, 4.69) is 0 Å². The molecule has 0 fully saturated rings. The minimum absolute atomic E-state index is 0.115. The summed E-state index contributed by atoms with van der Waals surface area (Å²) in [5, 5.41) is 9.41. The smallest absolute Gasteiger partial charge is 0.326 e. The van der Waals surface area contributed by atoms with E-state index in [1.165, 1.54) is 4.90 Å². The van der Waals surface area contributed by atoms with Crippen molar-refractivity contribution in [2.45, 2.75) is 38.8 Å². The van der Waals surface area contributed by atoms with Crippen molar-refractivity contribution in [1.29, 1.82) is 0 Å². The van der Waals surface area contributed by atoms with Gasteiger partial charge in [-0.3, -0.25) is 4.79 Å². The predicted molar refractivity (Wildman–Crippen MR) is 79.6 cm³/mol. The van der Waals surface area contributed by atoms with E-state index < -0.39 is 12.0 Å². The molecule has 1 aliphatic rings. The van der Waals surface area contributed by atoms with Crippen LogP contribution in [0.2, 0.25) is 0 Å². The summed E-state index contributed by atoms with van der Waals surface area (Å²) >= 11 is 0. The normalized spacial score (nSPS) is 19.0. The van der Waals surface area contributed by atoms with Crippen molar-refractivity contribution in [2.24, 2.45) is 11.7 Å². The molecule has 114 valence electrons. The van der Waals surface area contributed by atoms with Gasteiger partial charge in [0.15, 0.2) is 0 Å². The first-order valence-electron chi connectivity index (χ1n) is 7.35. The Morgan fingerprint density at radius 2 is 2.05 bits per heavy atom. The van der Waals surface area contributed by atoms with E-state index in [0.29, 0.717) is 25.9 Å². The minimum Gasteiger partial charge on any atom is -0.480 e. The molecule has 0 saturated carbocycles. The van der Waals surface area contributed by atoms with Gasteiger partial charge in [-0.25, -0.2) is 4.79 Å². The number of benzene rings is 1. The highest BCUT2D eigenvalue weighted by Gasteiger charge is 2.34. The van der Waals surface area contributed by atoms with Crippen molar-refractivity contribution in [3.8, 4) is 0 Å². The van der Waals surface area contributed by atoms with Crippen molar-refractivity contribution >= 4 is 11.9 Å². The van der Waals surface area contributed by atoms with Crippen molar-refractivity contribution < 1.29 is 14.7 Å². The van der Waals surface area contributed by atoms with Crippen LogP contribution >= 0.6 is 0 Å². The first-order valence-corrected chi connectivity index (χ1v) is 7.35. The first kappa shape index (κ1) is 15.5. The van der Waals surface area contributed by atoms with Gasteiger partial charge in [-0.2, -0.15) is 0 Å². The number of amides is 1. The maximum atomic E-state index is 12.5. The standard InChI is InChI=1S/C16H22N2O3/c1-2-11(9-17)7-15(19)18-10-13-6-4-3-5-12(13)8-14(18)16(20)21/h3-6,11,14H,2,7-10,17H2,1H3,(H,20,21)/t11?,14-/m1/s1. The molecule has 0 saturated heterocycles. The van der Waals surface area contributed by atoms with Gasteiger partial charge in [0.05, 0.1) is 0 Å². The molecule has 2 atom stereocenters. The summed E-state index contributed by atoms with van der Waals surface area (Å²) in [6.07, 6.45) is 1.51. The number of carboxylic acid groups (broad SMARTS) is 1. The van der Waals surface area contributed by atoms with Gasteiger partial charge < -0.3 is 15.7 Å². The van der Waals surface area contributed by atoms with Crippen LogP contribution in [0.15, 0.2) is 24.3 Å². The molecule has 1 aliphatic heterocycles. The topological polar surface area (TPSA) is 83.6 Å². The first-order chi connectivity index (χ1) is 10.1. The number of nitrogens with zero attached hydrogens (tertiary/aromatic N) is 1. The largest absolute Gasteiger partial charge is 0.480 e. The molecule has 1 aromatic carbocycles. The number of fused-ring (bicyclic) bond motifs is 1. The minimum atomic E-state index is -0.946. The monoisotopic (exact) mass is 290 g/mol. The maximum absolute atomic E-state index is 12.5. The zero-order valence-electron chi connectivity index (χ0n) is 12.3. The quantitative estimate of drug-likeness (QED) is 0.858. The van der Waals surface area contributed by atoms with Gasteiger partial charge in [-0.05, 0) is 23.6 Å². The number of carboxylic acids is 1. The van der Waals surface area contributed by atoms with Gasteiger partial charge >= 0.3 is 5.97 Å². The van der Waals surface area contributed by atoms with Gasteiger partial charge in [0.2, 0.25) is 5.91 Å². The predicted octanol–water partition coefficient (Wildman–Crippen LogP) is 1.40. The lowest BCUT2D eigenvalue weighted by Gasteiger charge is -2.35. The average Bonchev–Trinajstić information content (AvgIpc) is 2.50. The van der Waals surface area contributed by atoms with Crippen LogP contribution in [0.25, 0.3) is 0 Å². The summed E-state index contributed by atoms with van der Waals surface area (Å²) in [7, 11) is 0. The lowest BCUT2D eigenvalue weighted by molar-refractivity contribution is -0.151. The molecule has 2 rings (SSSR count). The van der Waals surface area contributed by atoms with E-state index >= 15 is 0 Å². The SMILES string of the molecule is CCC(CN)CC(=O)N1Cc2ccccc2C[C@@H]1C(=O)O. The number of aliphatic carboxylic acids is 1. The maximum Gasteiger partial charge on any atom is 0.326 e. The Morgan fingerprint density at radius 1 is 1.38 bits per heavy atom. The Bertz CT molecular complexity index is 526. The van der Waals surface area contributed by atoms with Crippen LogP contribution in [0.3, 0.4) is 0 Å². The molecule has 0 radical (unpaired) electrons. The Balaban J connectivity index is 2.20. The van der Waals surface area contributed by atoms with Crippen LogP contribution in [0.1, 0.15) is 30.9 Å². The number of nitrogens with two attached hydrogens (primary N) is 1. The molecule has 21 heavy (non-hydrogen) atoms. The van der Waals surface area contributed by atoms with Gasteiger partial charge in [-0.1, -0.05) is 37.6 Å². The lowest BCUT2D eigenvalue weighted by Crippen LogP contribution is -2.49. The third-order valence-corrected chi connectivity index (χ3v) is 4.23. The summed E-state index contributed by atoms with van der Waals surface area (Å²) in [6.45, 7) is 2.81. The Kier molecular flexibility index (Phi) is 4.96. The molecule has 0 aromatic heterocycles. The number of carbonyl (C=O) groups excluding carboxylic acids is 1. The summed E-state index contributed by atoms with van der Waals surface area (Å²) in [5.41, 5.74) is 7.69. The highest BCUT2D eigenvalue weighted by atomic mass is 16.4. The number of rotatable bonds is 5. The Morgan fingerprint density at radius 3 is 2.62 bits per heavy atom. The molecular formula is C16H22N2O3. The Hall–Kier alpha value is -1.88. The third kappa shape index (κ3) is 3.42. The van der Waals surface area contributed by atoms with Crippen LogP contribution < -0.4 is 5.73 Å². The molecule has 1 amide bonds. The second-order valence-corrected chi connectivity index (χ2v) is 5.56. The van der Waals surface area contributed by atoms with Crippen LogP contribution in [0.4, 0.5) is 0 Å². The van der Waals surface area contributed by atoms with Crippen LogP contribution in [0.5, 0.6) is 0 Å². The van der Waals surface area contributed by atoms with Crippen molar-refractivity contribution in [3.05, 3.63) is 35.4 Å². The fourth-order valence-corrected chi connectivity index (χ4v) is 2.76. The second-order valence-electron chi connectivity index (χ2n) is 5.56. The van der Waals surface area contributed by atoms with Crippen LogP contribution in [-0.4, -0.2) is 34.5 Å². The van der Waals surface area contributed by atoms with E-state index in [-0.39, 0.29) is 11.8 Å². The second kappa shape index (κ2) is 6.72. The molecule has 0 aliphatic carbocycles. The van der Waals surface area contributed by atoms with Crippen LogP contribution in [-0.2, 0) is 22.6 Å². The molecule has 1 unspecified atom stereocenters. The molecule has 0 spiro atoms. The van der Waals surface area contributed by atoms with Crippen LogP contribution in [0, 0.1) is 5.92 Å². The molecule has 1 aromatic rings. The highest BCUT2D eigenvalue weighted by Crippen LogP contribution is 2.25. The molecule has 1 heterocycles. The average molecular weight is 290 g/mol. The third-order valence-electron chi connectivity index (χ3n) is 4.23. The molecule has 5 heteroatoms. The molecule has 0 bridgehead atoms. The van der Waals surface area contributed by atoms with Crippen molar-refractivity contribution in [2.75, 3.05) is 6.54 Å². The zero-order chi connectivity index (χ0) is 15.4. The molecule has 5 nitrogen and oxygen atoms in total. The molecule has 3 N–H and O–H groups in total. The number of hydrogen-bond acceptors (Lipinski definition) is 3. The van der Waals surface area contributed by atoms with Gasteiger partial charge in [0.25, 0.3) is 0 Å². The van der Waals surface area contributed by atoms with Gasteiger partial charge in [0, 0.05) is 19.4 Å². The van der Waals surface area contributed by atoms with Gasteiger partial charge in [-0.15, -0.1) is 0 Å². The van der Waals surface area contributed by atoms with Crippen molar-refractivity contribution in [1.82, 2.24) is 4.90 Å². The van der Waals surface area contributed by atoms with E-state index in [4.69, 9.17) is 5.73 Å². The summed E-state index contributed by atoms with van der Waals surface area (Å²) in [6, 6.07) is 6.92.